The van der Waals surface area contributed by atoms with E-state index < -0.39 is 11.7 Å². The van der Waals surface area contributed by atoms with Gasteiger partial charge in [0.1, 0.15) is 11.6 Å². The molecule has 10 aromatic rings. The van der Waals surface area contributed by atoms with E-state index in [0.717, 1.165) is 61.0 Å². The van der Waals surface area contributed by atoms with E-state index in [-0.39, 0.29) is 32.4 Å². The number of halogens is 3. The van der Waals surface area contributed by atoms with Crippen molar-refractivity contribution in [1.82, 2.24) is 24.1 Å². The van der Waals surface area contributed by atoms with Crippen molar-refractivity contribution in [3.63, 3.8) is 0 Å². The van der Waals surface area contributed by atoms with E-state index in [1.165, 1.54) is 6.07 Å². The summed E-state index contributed by atoms with van der Waals surface area (Å²) in [4.78, 5) is 15.1. The van der Waals surface area contributed by atoms with Crippen LogP contribution in [0.4, 0.5) is 13.2 Å². The molecule has 276 valence electrons. The molecule has 0 fully saturated rings. The number of hydrogen-bond donors (Lipinski definition) is 0. The number of alkyl halides is 3. The Morgan fingerprint density at radius 3 is 2.25 bits per heavy atom. The first-order valence-corrected chi connectivity index (χ1v) is 18.2. The molecule has 0 atom stereocenters. The normalized spacial score (nSPS) is 12.1. The van der Waals surface area contributed by atoms with Crippen LogP contribution in [-0.4, -0.2) is 19.1 Å². The molecule has 9 heteroatoms. The first-order valence-electron chi connectivity index (χ1n) is 18.2. The number of hydrogen-bond acceptors (Lipinski definition) is 2. The van der Waals surface area contributed by atoms with E-state index in [2.05, 4.69) is 45.9 Å². The Hall–Kier alpha value is -5.98. The van der Waals surface area contributed by atoms with Crippen LogP contribution < -0.4 is 4.98 Å². The van der Waals surface area contributed by atoms with Gasteiger partial charge in [0, 0.05) is 23.0 Å². The summed E-state index contributed by atoms with van der Waals surface area (Å²) in [6.07, 6.45) is -2.88. The zero-order chi connectivity index (χ0) is 37.6. The molecular formula is C47H32F3N5Pt. The van der Waals surface area contributed by atoms with Crippen LogP contribution in [0.25, 0.3) is 88.7 Å². The van der Waals surface area contributed by atoms with Crippen LogP contribution in [0.1, 0.15) is 36.5 Å². The van der Waals surface area contributed by atoms with Crippen LogP contribution in [0.2, 0.25) is 0 Å². The molecule has 4 aromatic heterocycles. The number of fused-ring (bicyclic) bond motifs is 7. The van der Waals surface area contributed by atoms with Crippen molar-refractivity contribution < 1.29 is 34.2 Å². The van der Waals surface area contributed by atoms with Crippen LogP contribution in [0.15, 0.2) is 134 Å². The Bertz CT molecular complexity index is 3140. The van der Waals surface area contributed by atoms with Crippen LogP contribution in [0, 0.1) is 13.0 Å². The van der Waals surface area contributed by atoms with Gasteiger partial charge in [-0.2, -0.15) is 13.2 Å². The standard InChI is InChI=1S/C47H32F3N5.Pt/c1-27(2)30-24-37(47(48,49)50)43-35-20-19-29(25-40(35)55(41(43)26-30)42-23-28(3)21-22-51-42)32-14-10-18-39-45(32)53-46(54(39)31-11-5-4-6-12-31)36-16-9-15-34-33-13-7-8-17-38(33)52-44(34)36;/h4-24,26-27H,1-3H3;/q-2;+2. The molecule has 0 amide bonds. The molecule has 0 aliphatic heterocycles. The van der Waals surface area contributed by atoms with E-state index in [9.17, 15) is 13.2 Å². The number of para-hydroxylation sites is 4. The average molecular weight is 919 g/mol. The zero-order valence-corrected chi connectivity index (χ0v) is 32.7. The predicted octanol–water partition coefficient (Wildman–Crippen LogP) is 12.4. The molecule has 5 nitrogen and oxygen atoms in total. The van der Waals surface area contributed by atoms with Gasteiger partial charge in [0.05, 0.1) is 16.6 Å². The summed E-state index contributed by atoms with van der Waals surface area (Å²) in [5.41, 5.74) is 8.56. The number of rotatable bonds is 5. The van der Waals surface area contributed by atoms with Crippen LogP contribution in [-0.2, 0) is 27.2 Å². The Balaban J connectivity index is 0.00000410. The van der Waals surface area contributed by atoms with Gasteiger partial charge in [-0.15, -0.1) is 34.8 Å². The van der Waals surface area contributed by atoms with Gasteiger partial charge in [-0.25, -0.2) is 9.97 Å². The minimum atomic E-state index is -4.57. The van der Waals surface area contributed by atoms with Gasteiger partial charge in [0.25, 0.3) is 0 Å². The van der Waals surface area contributed by atoms with Crippen molar-refractivity contribution in [3.05, 3.63) is 156 Å². The fourth-order valence-electron chi connectivity index (χ4n) is 8.00. The number of nitrogens with zero attached hydrogens (tertiary/aromatic N) is 5. The number of imidazole rings is 1. The first kappa shape index (κ1) is 35.7. The monoisotopic (exact) mass is 918 g/mol. The van der Waals surface area contributed by atoms with Crippen LogP contribution >= 0.6 is 0 Å². The first-order chi connectivity index (χ1) is 26.7. The topological polar surface area (TPSA) is 49.7 Å². The second-order valence-electron chi connectivity index (χ2n) is 14.4. The molecule has 0 radical (unpaired) electrons. The molecule has 0 spiro atoms. The van der Waals surface area contributed by atoms with Crippen LogP contribution in [0.5, 0.6) is 0 Å². The van der Waals surface area contributed by atoms with E-state index in [1.807, 2.05) is 110 Å². The summed E-state index contributed by atoms with van der Waals surface area (Å²) in [7, 11) is 0. The maximum Gasteiger partial charge on any atom is 2.00 e. The smallest absolute Gasteiger partial charge is 0.656 e. The molecule has 0 saturated heterocycles. The molecule has 0 bridgehead atoms. The minimum Gasteiger partial charge on any atom is -0.656 e. The van der Waals surface area contributed by atoms with Crippen molar-refractivity contribution in [2.24, 2.45) is 0 Å². The van der Waals surface area contributed by atoms with E-state index in [1.54, 1.807) is 12.3 Å². The molecule has 0 aliphatic carbocycles. The molecule has 0 unspecified atom stereocenters. The van der Waals surface area contributed by atoms with Gasteiger partial charge in [0.15, 0.2) is 0 Å². The van der Waals surface area contributed by atoms with Gasteiger partial charge in [-0.05, 0) is 88.1 Å². The Labute approximate surface area is 334 Å². The van der Waals surface area contributed by atoms with Gasteiger partial charge in [0.2, 0.25) is 0 Å². The molecule has 6 aromatic carbocycles. The maximum absolute atomic E-state index is 14.9. The summed E-state index contributed by atoms with van der Waals surface area (Å²) in [5.74, 6) is 1.14. The summed E-state index contributed by atoms with van der Waals surface area (Å²) in [6, 6.07) is 44.6. The SMILES string of the molecule is Cc1ccnc(-n2c3[c-]c(-c4cccc5c4nc(-c4cccc6c4[n-]c4ccccc46)n5-c4ccccc4)ccc3c3c(C(F)(F)F)cc(C(C)C)cc32)c1.[Pt+2]. The molecule has 10 rings (SSSR count). The fraction of sp³-hybridized carbons (Fsp3) is 0.106. The largest absolute Gasteiger partial charge is 2.00 e. The van der Waals surface area contributed by atoms with Crippen molar-refractivity contribution in [1.29, 1.82) is 0 Å². The third-order valence-corrected chi connectivity index (χ3v) is 10.6. The third kappa shape index (κ3) is 5.57. The van der Waals surface area contributed by atoms with Crippen molar-refractivity contribution >= 4 is 54.6 Å². The fourth-order valence-corrected chi connectivity index (χ4v) is 8.00. The zero-order valence-electron chi connectivity index (χ0n) is 30.5. The Morgan fingerprint density at radius 2 is 1.46 bits per heavy atom. The Kier molecular flexibility index (Phi) is 8.51. The van der Waals surface area contributed by atoms with Crippen LogP contribution in [0.3, 0.4) is 0 Å². The van der Waals surface area contributed by atoms with Gasteiger partial charge < -0.3 is 9.55 Å². The molecular weight excluding hydrogens is 887 g/mol. The Morgan fingerprint density at radius 1 is 0.714 bits per heavy atom. The molecule has 4 heterocycles. The van der Waals surface area contributed by atoms with Gasteiger partial charge in [-0.1, -0.05) is 97.6 Å². The molecule has 0 aliphatic rings. The molecule has 0 N–H and O–H groups in total. The number of benzene rings is 6. The minimum absolute atomic E-state index is 0. The van der Waals surface area contributed by atoms with E-state index in [0.29, 0.717) is 33.4 Å². The van der Waals surface area contributed by atoms with E-state index in [4.69, 9.17) is 9.97 Å². The number of aryl methyl sites for hydroxylation is 1. The number of pyridine rings is 1. The van der Waals surface area contributed by atoms with Gasteiger partial charge >= 0.3 is 27.2 Å². The summed E-state index contributed by atoms with van der Waals surface area (Å²) in [5, 5.41) is 2.72. The van der Waals surface area contributed by atoms with Crippen molar-refractivity contribution in [2.75, 3.05) is 0 Å². The number of aromatic nitrogens is 5. The van der Waals surface area contributed by atoms with Crippen molar-refractivity contribution in [3.8, 4) is 34.0 Å². The second kappa shape index (κ2) is 13.3. The second-order valence-corrected chi connectivity index (χ2v) is 14.4. The molecule has 56 heavy (non-hydrogen) atoms. The van der Waals surface area contributed by atoms with E-state index >= 15 is 0 Å². The quantitative estimate of drug-likeness (QED) is 0.162. The summed E-state index contributed by atoms with van der Waals surface area (Å²) >= 11 is 0. The van der Waals surface area contributed by atoms with Gasteiger partial charge in [-0.3, -0.25) is 4.57 Å². The summed E-state index contributed by atoms with van der Waals surface area (Å²) < 4.78 is 48.7. The average Bonchev–Trinajstić information content (AvgIpc) is 3.87. The summed E-state index contributed by atoms with van der Waals surface area (Å²) in [6.45, 7) is 5.76. The third-order valence-electron chi connectivity index (χ3n) is 10.6. The predicted molar refractivity (Wildman–Crippen MR) is 215 cm³/mol. The van der Waals surface area contributed by atoms with Crippen molar-refractivity contribution in [2.45, 2.75) is 32.9 Å². The maximum atomic E-state index is 14.9. The molecule has 0 saturated carbocycles.